The van der Waals surface area contributed by atoms with E-state index in [1.165, 1.54) is 6.92 Å². The summed E-state index contributed by atoms with van der Waals surface area (Å²) in [7, 11) is 0. The van der Waals surface area contributed by atoms with Gasteiger partial charge in [0.25, 0.3) is 0 Å². The third-order valence-corrected chi connectivity index (χ3v) is 23.4. The van der Waals surface area contributed by atoms with Gasteiger partial charge in [-0.05, 0) is 6.92 Å². The van der Waals surface area contributed by atoms with E-state index in [2.05, 4.69) is 26.6 Å². The molecule has 10 aliphatic heterocycles. The van der Waals surface area contributed by atoms with Crippen molar-refractivity contribution in [3.63, 3.8) is 0 Å². The van der Waals surface area contributed by atoms with Gasteiger partial charge in [0, 0.05) is 27.7 Å². The molecule has 10 saturated heterocycles. The lowest BCUT2D eigenvalue weighted by Crippen LogP contribution is -2.72. The number of nitrogens with one attached hydrogen (secondary N) is 5. The number of amides is 5. The molecule has 0 aliphatic carbocycles. The quantitative estimate of drug-likeness (QED) is 0.0257. The molecule has 0 aromatic heterocycles. The summed E-state index contributed by atoms with van der Waals surface area (Å²) in [6.07, 6.45) is -97.8. The summed E-state index contributed by atoms with van der Waals surface area (Å²) in [5, 5.41) is 316. The molecule has 57 nitrogen and oxygen atoms in total. The molecule has 57 heteroatoms. The summed E-state index contributed by atoms with van der Waals surface area (Å²) in [4.78, 5) is 64.3. The minimum Gasteiger partial charge on any atom is -0.394 e. The van der Waals surface area contributed by atoms with Crippen molar-refractivity contribution in [1.82, 2.24) is 26.6 Å². The maximum absolute atomic E-state index is 13.8. The molecular weight excluding hydrogens is 1770 g/mol. The van der Waals surface area contributed by atoms with Crippen LogP contribution < -0.4 is 26.6 Å². The zero-order valence-corrected chi connectivity index (χ0v) is 69.6. The normalized spacial score (nSPS) is 47.8. The van der Waals surface area contributed by atoms with Gasteiger partial charge in [0.2, 0.25) is 30.0 Å². The zero-order valence-electron chi connectivity index (χ0n) is 69.6. The Morgan fingerprint density at radius 3 is 1.00 bits per heavy atom. The summed E-state index contributed by atoms with van der Waals surface area (Å²) in [5.41, 5.74) is 0. The van der Waals surface area contributed by atoms with Crippen LogP contribution in [0.3, 0.4) is 0 Å². The summed E-state index contributed by atoms with van der Waals surface area (Å²) in [5.74, 6) is -4.01. The summed E-state index contributed by atoms with van der Waals surface area (Å²) < 4.78 is 120. The summed E-state index contributed by atoms with van der Waals surface area (Å²) >= 11 is 0. The van der Waals surface area contributed by atoms with E-state index in [4.69, 9.17) is 94.7 Å². The number of hydrogen-bond donors (Lipinski definition) is 32. The van der Waals surface area contributed by atoms with Gasteiger partial charge < -0.3 is 259 Å². The summed E-state index contributed by atoms with van der Waals surface area (Å²) in [6.45, 7) is -6.70. The van der Waals surface area contributed by atoms with Crippen molar-refractivity contribution < 1.29 is 257 Å². The Kier molecular flexibility index (Phi) is 39.2. The zero-order chi connectivity index (χ0) is 94.9. The fourth-order valence-electron chi connectivity index (χ4n) is 16.5. The average Bonchev–Trinajstić information content (AvgIpc) is 0.756. The van der Waals surface area contributed by atoms with Crippen LogP contribution in [0.25, 0.3) is 0 Å². The second kappa shape index (κ2) is 47.5. The van der Waals surface area contributed by atoms with Crippen molar-refractivity contribution >= 4 is 30.0 Å². The van der Waals surface area contributed by atoms with Gasteiger partial charge in [0.05, 0.1) is 84.8 Å². The number of aliphatic hydroxyl groups excluding tert-OH is 27. The van der Waals surface area contributed by atoms with E-state index in [0.29, 0.717) is 0 Å². The van der Waals surface area contributed by atoms with Crippen LogP contribution in [-0.4, -0.2) is 553 Å². The van der Waals surface area contributed by atoms with E-state index in [1.54, 1.807) is 0 Å². The molecule has 10 rings (SSSR count). The Labute approximate surface area is 731 Å². The molecule has 0 spiro atoms. The summed E-state index contributed by atoms with van der Waals surface area (Å²) in [6, 6.07) is -9.11. The Morgan fingerprint density at radius 1 is 0.271 bits per heavy atom. The lowest BCUT2D eigenvalue weighted by molar-refractivity contribution is -0.401. The van der Waals surface area contributed by atoms with Gasteiger partial charge in [-0.1, -0.05) is 0 Å². The minimum absolute atomic E-state index is 0.231. The number of carbonyl (C=O) groups is 5. The van der Waals surface area contributed by atoms with E-state index in [0.717, 1.165) is 27.7 Å². The second-order valence-electron chi connectivity index (χ2n) is 32.4. The first-order valence-corrected chi connectivity index (χ1v) is 41.2. The largest absolute Gasteiger partial charge is 0.394 e. The lowest BCUT2D eigenvalue weighted by Gasteiger charge is -2.52. The molecule has 5 amide bonds. The van der Waals surface area contributed by atoms with Crippen LogP contribution in [0, 0.1) is 0 Å². The van der Waals surface area contributed by atoms with Crippen LogP contribution in [0.2, 0.25) is 0 Å². The predicted octanol–water partition coefficient (Wildman–Crippen LogP) is -22.1. The van der Waals surface area contributed by atoms with E-state index in [1.807, 2.05) is 0 Å². The van der Waals surface area contributed by atoms with Crippen LogP contribution in [0.4, 0.5) is 0 Å². The number of carbonyl (C=O) groups excluding carboxylic acids is 5. The Morgan fingerprint density at radius 2 is 0.566 bits per heavy atom. The third kappa shape index (κ3) is 24.2. The molecule has 32 N–H and O–H groups in total. The molecule has 10 heterocycles. The number of rotatable bonds is 37. The van der Waals surface area contributed by atoms with Gasteiger partial charge >= 0.3 is 0 Å². The Balaban J connectivity index is 1.02. The van der Waals surface area contributed by atoms with Crippen LogP contribution in [0.1, 0.15) is 34.6 Å². The first kappa shape index (κ1) is 107. The minimum atomic E-state index is -2.68. The molecule has 10 aliphatic rings. The Hall–Kier alpha value is -4.53. The maximum Gasteiger partial charge on any atom is 0.217 e. The van der Waals surface area contributed by atoms with Crippen molar-refractivity contribution in [2.24, 2.45) is 0 Å². The molecule has 10 fully saturated rings. The molecule has 0 saturated carbocycles. The van der Waals surface area contributed by atoms with E-state index in [9.17, 15) is 162 Å². The van der Waals surface area contributed by atoms with Gasteiger partial charge in [-0.3, -0.25) is 24.0 Å². The first-order chi connectivity index (χ1) is 61.2. The standard InChI is InChI=1S/C72H121N5O52/c1-18-37(92)47(102)50(105)68(112-18)129-62-61(128-64-33(74-19(2)88)46(101)38(93)24(7-79)114-64)44(99)30(13-85)119-72(62)125-58-36(77-22(5)91)66(116-28(11-83)42(58)97)127-60-45(100)32(16-111-63-34(75-20(3)89)56(40(95)26(9-81)113-63)123-69-51(106)48(103)39(94)25(8-80)117-69)121-71(54(60)109)124-57-35(76-21(4)90)65(115-27(10-82)41(57)96)126-59-43(98)29(12-84)118-70(53(59)108)122-55-31(14-86)120-67(52(107)49(55)104)110-15-23(6-78)73-17-87/h17-18,23-72,78-86,92-109H,6-16H2,1-5H3,(H,73,87)(H,74,88)(H,75,89)(H,76,90)(H,77,91)/t18-,23+,24+,25+,26+,27+,28+,29+,30+,31+,32+,33+,34+,35+,36+,37+,38-,39-,40+,41+,42+,43-,44-,45-,46+,47+,48-,49+,50-,51+,52+,53+,54+,55+,56+,57+,58+,59-,60-,61-,62+,63+,64+,65-,66-,67+,68-,69-,70-,71-,72-/m0/s1. The van der Waals surface area contributed by atoms with E-state index in [-0.39, 0.29) is 6.41 Å². The van der Waals surface area contributed by atoms with Crippen LogP contribution >= 0.6 is 0 Å². The van der Waals surface area contributed by atoms with Crippen LogP contribution in [0.15, 0.2) is 0 Å². The SMILES string of the molecule is CC(=O)N[C@H]1[C@@H](O[C@H]2[C@@H](O)[C@@H](CO)O[C@@H](O[C@H]3[C@H](O)[C@@H](CO)O[C@@H](O[C@H]4[C@@H](O)[C@@H](CO[C@@H]5O[C@H](CO)[C@@H](O)[C@H](O[C@@H]6O[C@H](CO)[C@H](O)[C@H](O)[C@H]6O)[C@H]5NC(C)=O)O[C@@H](O[C@H]5[C@H](O)[C@@H](CO)O[C@@H](O[C@H]6[C@@H](O)[C@@H](CO)O[C@@H](O[C@H]7[C@H](O)[C@@H](O)[C@H](OC[C@@H](CO)NC=O)O[C@@H]7CO)[C@@H]6O)[C@@H]5NC(C)=O)[C@@H]4O)[C@@H]3NC(C)=O)[C@@H]2O[C@@H]2O[C@@H](C)[C@@H](O)[C@@H](O)[C@@H]2O)O[C@H](CO)[C@H](O)[C@@H]1O. The Bertz CT molecular complexity index is 3480. The van der Waals surface area contributed by atoms with Crippen molar-refractivity contribution in [2.45, 2.75) is 347 Å². The van der Waals surface area contributed by atoms with Gasteiger partial charge in [0.15, 0.2) is 62.9 Å². The highest BCUT2D eigenvalue weighted by molar-refractivity contribution is 5.74. The van der Waals surface area contributed by atoms with E-state index < -0.39 is 409 Å². The monoisotopic (exact) mass is 1890 g/mol. The van der Waals surface area contributed by atoms with Crippen LogP contribution in [-0.2, 0) is 119 Å². The molecule has 0 unspecified atom stereocenters. The van der Waals surface area contributed by atoms with Gasteiger partial charge in [-0.15, -0.1) is 0 Å². The highest BCUT2D eigenvalue weighted by atomic mass is 16.8. The first-order valence-electron chi connectivity index (χ1n) is 41.2. The highest BCUT2D eigenvalue weighted by Crippen LogP contribution is 2.42. The second-order valence-corrected chi connectivity index (χ2v) is 32.4. The van der Waals surface area contributed by atoms with Crippen molar-refractivity contribution in [3.05, 3.63) is 0 Å². The fourth-order valence-corrected chi connectivity index (χ4v) is 16.5. The van der Waals surface area contributed by atoms with Gasteiger partial charge in [-0.25, -0.2) is 0 Å². The number of aliphatic hydroxyl groups is 27. The predicted molar refractivity (Wildman–Crippen MR) is 398 cm³/mol. The smallest absolute Gasteiger partial charge is 0.217 e. The molecule has 0 bridgehead atoms. The third-order valence-electron chi connectivity index (χ3n) is 23.4. The lowest BCUT2D eigenvalue weighted by atomic mass is 9.93. The van der Waals surface area contributed by atoms with Crippen molar-refractivity contribution in [1.29, 1.82) is 0 Å². The van der Waals surface area contributed by atoms with Gasteiger partial charge in [-0.2, -0.15) is 0 Å². The van der Waals surface area contributed by atoms with Crippen molar-refractivity contribution in [2.75, 3.05) is 72.7 Å². The highest BCUT2D eigenvalue weighted by Gasteiger charge is 2.63. The molecule has 129 heavy (non-hydrogen) atoms. The fraction of sp³-hybridized carbons (Fsp3) is 0.931. The molecule has 0 aromatic carbocycles. The molecular formula is C72H121N5O52. The molecule has 0 aromatic rings. The molecule has 0 radical (unpaired) electrons. The topological polar surface area (TPSA) is 876 Å². The van der Waals surface area contributed by atoms with Gasteiger partial charge in [0.1, 0.15) is 238 Å². The molecule has 51 atom stereocenters. The van der Waals surface area contributed by atoms with Crippen molar-refractivity contribution in [3.8, 4) is 0 Å². The average molecular weight is 1890 g/mol. The number of ether oxygens (including phenoxy) is 20. The van der Waals surface area contributed by atoms with E-state index >= 15 is 0 Å². The maximum atomic E-state index is 13.8. The van der Waals surface area contributed by atoms with Crippen LogP contribution in [0.5, 0.6) is 0 Å². The number of hydrogen-bond acceptors (Lipinski definition) is 52. The molecule has 746 valence electrons.